The van der Waals surface area contributed by atoms with E-state index in [1.54, 1.807) is 29.6 Å². The van der Waals surface area contributed by atoms with Crippen molar-refractivity contribution in [1.29, 1.82) is 0 Å². The van der Waals surface area contributed by atoms with E-state index in [1.807, 2.05) is 20.2 Å². The lowest BCUT2D eigenvalue weighted by Gasteiger charge is -2.42. The van der Waals surface area contributed by atoms with Crippen LogP contribution < -0.4 is 5.32 Å². The Balaban J connectivity index is 2.27. The molecule has 1 N–H and O–H groups in total. The molecule has 0 radical (unpaired) electrons. The Labute approximate surface area is 112 Å². The van der Waals surface area contributed by atoms with E-state index in [9.17, 15) is 9.59 Å². The number of hydrogen-bond acceptors (Lipinski definition) is 3. The minimum absolute atomic E-state index is 0.0530. The Morgan fingerprint density at radius 1 is 1.42 bits per heavy atom. The van der Waals surface area contributed by atoms with Crippen molar-refractivity contribution in [2.45, 2.75) is 45.3 Å². The van der Waals surface area contributed by atoms with Gasteiger partial charge >= 0.3 is 0 Å². The summed E-state index contributed by atoms with van der Waals surface area (Å²) < 4.78 is 1.69. The van der Waals surface area contributed by atoms with E-state index in [2.05, 4.69) is 10.4 Å². The van der Waals surface area contributed by atoms with Gasteiger partial charge in [-0.05, 0) is 20.3 Å². The fraction of sp³-hybridized carbons (Fsp3) is 0.615. The Morgan fingerprint density at radius 2 is 2.11 bits per heavy atom. The molecular weight excluding hydrogens is 244 g/mol. The zero-order valence-corrected chi connectivity index (χ0v) is 11.8. The van der Waals surface area contributed by atoms with Crippen LogP contribution in [0.15, 0.2) is 12.4 Å². The minimum Gasteiger partial charge on any atom is -0.340 e. The van der Waals surface area contributed by atoms with Crippen LogP contribution in [0.3, 0.4) is 0 Å². The molecule has 1 aromatic heterocycles. The second-order valence-electron chi connectivity index (χ2n) is 5.49. The first-order valence-electron chi connectivity index (χ1n) is 6.45. The van der Waals surface area contributed by atoms with Gasteiger partial charge in [-0.3, -0.25) is 14.3 Å². The molecule has 1 aliphatic rings. The quantitative estimate of drug-likeness (QED) is 0.861. The largest absolute Gasteiger partial charge is 0.340 e. The van der Waals surface area contributed by atoms with Gasteiger partial charge in [-0.1, -0.05) is 6.92 Å². The first kappa shape index (κ1) is 13.6. The van der Waals surface area contributed by atoms with Crippen molar-refractivity contribution in [3.05, 3.63) is 18.0 Å². The van der Waals surface area contributed by atoms with Crippen LogP contribution in [0.4, 0.5) is 0 Å². The molecule has 6 heteroatoms. The van der Waals surface area contributed by atoms with Crippen molar-refractivity contribution < 1.29 is 9.59 Å². The van der Waals surface area contributed by atoms with Gasteiger partial charge in [0.2, 0.25) is 11.8 Å². The summed E-state index contributed by atoms with van der Waals surface area (Å²) in [6.45, 7) is 5.79. The molecule has 1 unspecified atom stereocenters. The van der Waals surface area contributed by atoms with Gasteiger partial charge in [-0.2, -0.15) is 5.10 Å². The summed E-state index contributed by atoms with van der Waals surface area (Å²) in [5, 5.41) is 6.87. The van der Waals surface area contributed by atoms with Crippen LogP contribution >= 0.6 is 0 Å². The predicted molar refractivity (Wildman–Crippen MR) is 70.1 cm³/mol. The zero-order valence-electron chi connectivity index (χ0n) is 11.8. The van der Waals surface area contributed by atoms with Gasteiger partial charge in [0.1, 0.15) is 11.6 Å². The molecule has 2 amide bonds. The van der Waals surface area contributed by atoms with Crippen LogP contribution in [-0.2, 0) is 23.2 Å². The monoisotopic (exact) mass is 264 g/mol. The van der Waals surface area contributed by atoms with Crippen molar-refractivity contribution in [3.8, 4) is 0 Å². The summed E-state index contributed by atoms with van der Waals surface area (Å²) >= 11 is 0. The fourth-order valence-electron chi connectivity index (χ4n) is 2.42. The van der Waals surface area contributed by atoms with E-state index in [-0.39, 0.29) is 11.8 Å². The number of amides is 2. The van der Waals surface area contributed by atoms with Crippen LogP contribution in [0, 0.1) is 0 Å². The topological polar surface area (TPSA) is 67.2 Å². The van der Waals surface area contributed by atoms with Gasteiger partial charge in [0, 0.05) is 25.4 Å². The van der Waals surface area contributed by atoms with Crippen LogP contribution in [0.5, 0.6) is 0 Å². The van der Waals surface area contributed by atoms with Crippen molar-refractivity contribution in [1.82, 2.24) is 20.0 Å². The molecule has 104 valence electrons. The molecule has 6 nitrogen and oxygen atoms in total. The summed E-state index contributed by atoms with van der Waals surface area (Å²) in [6.07, 6.45) is 4.19. The number of nitrogens with zero attached hydrogens (tertiary/aromatic N) is 3. The molecule has 0 aliphatic carbocycles. The maximum atomic E-state index is 12.5. The van der Waals surface area contributed by atoms with E-state index in [0.29, 0.717) is 13.0 Å². The number of nitrogens with one attached hydrogen (secondary N) is 1. The smallest absolute Gasteiger partial charge is 0.248 e. The number of aryl methyl sites for hydroxylation is 1. The van der Waals surface area contributed by atoms with Crippen LogP contribution in [0.25, 0.3) is 0 Å². The van der Waals surface area contributed by atoms with Crippen LogP contribution in [0.1, 0.15) is 32.8 Å². The van der Waals surface area contributed by atoms with Crippen LogP contribution in [-0.4, -0.2) is 38.1 Å². The van der Waals surface area contributed by atoms with Gasteiger partial charge < -0.3 is 10.2 Å². The summed E-state index contributed by atoms with van der Waals surface area (Å²) in [5.41, 5.74) is 0.0881. The van der Waals surface area contributed by atoms with Gasteiger partial charge in [-0.25, -0.2) is 0 Å². The maximum absolute atomic E-state index is 12.5. The molecule has 1 atom stereocenters. The third-order valence-corrected chi connectivity index (χ3v) is 3.41. The zero-order chi connectivity index (χ0) is 14.2. The van der Waals surface area contributed by atoms with E-state index in [1.165, 1.54) is 0 Å². The number of carbonyl (C=O) groups is 2. The first-order chi connectivity index (χ1) is 8.85. The maximum Gasteiger partial charge on any atom is 0.248 e. The molecule has 1 saturated heterocycles. The predicted octanol–water partition coefficient (Wildman–Crippen LogP) is 0.436. The van der Waals surface area contributed by atoms with E-state index in [4.69, 9.17) is 0 Å². The normalized spacial score (nSPS) is 22.5. The Morgan fingerprint density at radius 3 is 2.63 bits per heavy atom. The summed E-state index contributed by atoms with van der Waals surface area (Å²) in [4.78, 5) is 26.2. The fourth-order valence-corrected chi connectivity index (χ4v) is 2.42. The molecule has 0 saturated carbocycles. The van der Waals surface area contributed by atoms with Crippen molar-refractivity contribution in [2.75, 3.05) is 0 Å². The molecule has 2 heterocycles. The summed E-state index contributed by atoms with van der Waals surface area (Å²) in [7, 11) is 1.83. The SMILES string of the molecule is CCC1C(=O)NC(C)(C)C(=O)N1Cc1cnn(C)c1. The Kier molecular flexibility index (Phi) is 3.34. The Hall–Kier alpha value is -1.85. The minimum atomic E-state index is -0.842. The molecule has 1 aliphatic heterocycles. The summed E-state index contributed by atoms with van der Waals surface area (Å²) in [6, 6.07) is -0.402. The highest BCUT2D eigenvalue weighted by atomic mass is 16.2. The lowest BCUT2D eigenvalue weighted by Crippen LogP contribution is -2.67. The van der Waals surface area contributed by atoms with Crippen LogP contribution in [0.2, 0.25) is 0 Å². The molecule has 1 fully saturated rings. The van der Waals surface area contributed by atoms with Crippen molar-refractivity contribution in [2.24, 2.45) is 7.05 Å². The number of hydrogen-bond donors (Lipinski definition) is 1. The van der Waals surface area contributed by atoms with E-state index < -0.39 is 11.6 Å². The lowest BCUT2D eigenvalue weighted by atomic mass is 9.95. The highest BCUT2D eigenvalue weighted by Crippen LogP contribution is 2.22. The van der Waals surface area contributed by atoms with Gasteiger partial charge in [0.15, 0.2) is 0 Å². The van der Waals surface area contributed by atoms with E-state index >= 15 is 0 Å². The first-order valence-corrected chi connectivity index (χ1v) is 6.45. The molecule has 0 aromatic carbocycles. The van der Waals surface area contributed by atoms with E-state index in [0.717, 1.165) is 5.56 Å². The molecule has 1 aromatic rings. The number of piperazine rings is 1. The van der Waals surface area contributed by atoms with Gasteiger partial charge in [-0.15, -0.1) is 0 Å². The second kappa shape index (κ2) is 4.68. The molecule has 2 rings (SSSR count). The highest BCUT2D eigenvalue weighted by molar-refractivity contribution is 5.99. The van der Waals surface area contributed by atoms with Crippen molar-refractivity contribution in [3.63, 3.8) is 0 Å². The standard InChI is InChI=1S/C13H20N4O2/c1-5-10-11(18)15-13(2,3)12(19)17(10)8-9-6-14-16(4)7-9/h6-7,10H,5,8H2,1-4H3,(H,15,18). The number of carbonyl (C=O) groups excluding carboxylic acids is 2. The highest BCUT2D eigenvalue weighted by Gasteiger charge is 2.44. The average molecular weight is 264 g/mol. The number of aromatic nitrogens is 2. The van der Waals surface area contributed by atoms with Crippen molar-refractivity contribution >= 4 is 11.8 Å². The third-order valence-electron chi connectivity index (χ3n) is 3.41. The molecule has 0 spiro atoms. The molecular formula is C13H20N4O2. The Bertz CT molecular complexity index is 506. The number of rotatable bonds is 3. The second-order valence-corrected chi connectivity index (χ2v) is 5.49. The lowest BCUT2D eigenvalue weighted by molar-refractivity contribution is -0.154. The summed E-state index contributed by atoms with van der Waals surface area (Å²) in [5.74, 6) is -0.140. The molecule has 19 heavy (non-hydrogen) atoms. The van der Waals surface area contributed by atoms with Gasteiger partial charge in [0.05, 0.1) is 6.20 Å². The average Bonchev–Trinajstić information content (AvgIpc) is 2.71. The molecule has 0 bridgehead atoms. The third kappa shape index (κ3) is 2.47. The van der Waals surface area contributed by atoms with Gasteiger partial charge in [0.25, 0.3) is 0 Å².